The summed E-state index contributed by atoms with van der Waals surface area (Å²) in [6, 6.07) is 14.1. The third kappa shape index (κ3) is 10.8. The molecule has 2 saturated carbocycles. The van der Waals surface area contributed by atoms with Gasteiger partial charge in [-0.1, -0.05) is 12.1 Å². The number of anilines is 2. The summed E-state index contributed by atoms with van der Waals surface area (Å²) in [4.78, 5) is 82.6. The first-order valence-electron chi connectivity index (χ1n) is 26.7. The highest BCUT2D eigenvalue weighted by Gasteiger charge is 2.40. The van der Waals surface area contributed by atoms with E-state index in [1.54, 1.807) is 112 Å². The molecule has 2 aliphatic carbocycles. The van der Waals surface area contributed by atoms with Gasteiger partial charge in [-0.15, -0.1) is 22.7 Å². The van der Waals surface area contributed by atoms with Crippen LogP contribution in [0.1, 0.15) is 96.2 Å². The first kappa shape index (κ1) is 54.7. The maximum atomic E-state index is 13.5. The van der Waals surface area contributed by atoms with Crippen molar-refractivity contribution >= 4 is 87.7 Å². The third-order valence-corrected chi connectivity index (χ3v) is 21.7. The summed E-state index contributed by atoms with van der Waals surface area (Å²) in [6.45, 7) is 13.7. The van der Waals surface area contributed by atoms with Gasteiger partial charge in [0.25, 0.3) is 31.2 Å². The van der Waals surface area contributed by atoms with E-state index >= 15 is 0 Å². The first-order valence-corrected chi connectivity index (χ1v) is 31.3. The fourth-order valence-corrected chi connectivity index (χ4v) is 16.3. The average molecular weight is 1160 g/mol. The number of fused-ring (bicyclic) bond motifs is 2. The van der Waals surface area contributed by atoms with Crippen LogP contribution in [-0.2, 0) is 29.6 Å². The van der Waals surface area contributed by atoms with Crippen LogP contribution in [0.5, 0.6) is 0 Å². The Bertz CT molecular complexity index is 3870. The van der Waals surface area contributed by atoms with Gasteiger partial charge in [0.15, 0.2) is 8.42 Å². The molecular formula is C56H60N12O8S4. The lowest BCUT2D eigenvalue weighted by Crippen LogP contribution is -2.43. The molecule has 2 N–H and O–H groups in total. The van der Waals surface area contributed by atoms with E-state index in [1.807, 2.05) is 21.9 Å². The molecule has 24 heteroatoms. The molecule has 416 valence electrons. The molecule has 8 heterocycles. The number of pyridine rings is 2. The van der Waals surface area contributed by atoms with Gasteiger partial charge in [0, 0.05) is 73.6 Å². The van der Waals surface area contributed by atoms with E-state index in [1.165, 1.54) is 0 Å². The van der Waals surface area contributed by atoms with Crippen molar-refractivity contribution < 1.29 is 26.4 Å². The second kappa shape index (κ2) is 21.6. The van der Waals surface area contributed by atoms with Crippen LogP contribution in [-0.4, -0.2) is 104 Å². The molecule has 8 aromatic rings. The van der Waals surface area contributed by atoms with Gasteiger partial charge in [0.1, 0.15) is 0 Å². The van der Waals surface area contributed by atoms with Gasteiger partial charge in [-0.2, -0.15) is 0 Å². The minimum Gasteiger partial charge on any atom is -0.342 e. The number of hydrogen-bond donors (Lipinski definition) is 2. The van der Waals surface area contributed by atoms with Gasteiger partial charge in [-0.25, -0.2) is 36.8 Å². The van der Waals surface area contributed by atoms with Crippen molar-refractivity contribution in [1.29, 1.82) is 0 Å². The van der Waals surface area contributed by atoms with E-state index < -0.39 is 20.0 Å². The molecule has 0 atom stereocenters. The highest BCUT2D eigenvalue weighted by Crippen LogP contribution is 2.41. The molecule has 2 amide bonds. The molecule has 0 bridgehead atoms. The SMILES string of the molecule is Cc1nc(C)c(S(=O)(=O)Nc2cc(-c3ccc4ncn(C5CC(C(=O)N6CCCC6)C5)c(=O)c4c3)cnc2C)s1.Cc1nc(C)c(S(=O)(=O)Nc2cc(-c3ccc4ncn(C5CC(C(=O)N6CCCC6)C5)c(=O)c4c3)cnc2C)s1. The second-order valence-corrected chi connectivity index (χ2v) is 27.4. The zero-order valence-corrected chi connectivity index (χ0v) is 48.4. The summed E-state index contributed by atoms with van der Waals surface area (Å²) in [6.07, 6.45) is 13.3. The van der Waals surface area contributed by atoms with Crippen molar-refractivity contribution in [2.75, 3.05) is 35.6 Å². The number of benzene rings is 2. The summed E-state index contributed by atoms with van der Waals surface area (Å²) in [5, 5.41) is 2.28. The average Bonchev–Trinajstić information content (AvgIpc) is 4.36. The Balaban J connectivity index is 0.000000169. The van der Waals surface area contributed by atoms with E-state index in [-0.39, 0.29) is 55.3 Å². The number of nitrogens with zero attached hydrogens (tertiary/aromatic N) is 10. The molecule has 2 saturated heterocycles. The molecule has 6 aromatic heterocycles. The van der Waals surface area contributed by atoms with E-state index in [2.05, 4.69) is 39.3 Å². The lowest BCUT2D eigenvalue weighted by molar-refractivity contribution is -0.139. The Kier molecular flexibility index (Phi) is 14.8. The lowest BCUT2D eigenvalue weighted by atomic mass is 9.79. The molecule has 12 rings (SSSR count). The van der Waals surface area contributed by atoms with Gasteiger partial charge in [0.05, 0.1) is 78.6 Å². The standard InChI is InChI=1S/2C28H30N6O4S2/c2*1-16-25(32-40(37,38)28-17(2)31-18(3)39-28)13-21(14-29-16)19-6-7-24-23(12-19)27(36)34(15-30-24)22-10-20(11-22)26(35)33-8-4-5-9-33/h2*6-7,12-15,20,22,32H,4-5,8-11H2,1-3H3. The van der Waals surface area contributed by atoms with Gasteiger partial charge in [-0.3, -0.25) is 47.7 Å². The van der Waals surface area contributed by atoms with Crippen LogP contribution in [0.15, 0.2) is 91.6 Å². The lowest BCUT2D eigenvalue weighted by Gasteiger charge is -2.37. The number of rotatable bonds is 12. The van der Waals surface area contributed by atoms with Crippen LogP contribution in [0.2, 0.25) is 0 Å². The predicted molar refractivity (Wildman–Crippen MR) is 308 cm³/mol. The molecular weight excluding hydrogens is 1100 g/mol. The third-order valence-electron chi connectivity index (χ3n) is 15.7. The molecule has 20 nitrogen and oxygen atoms in total. The largest absolute Gasteiger partial charge is 0.342 e. The van der Waals surface area contributed by atoms with E-state index in [0.29, 0.717) is 103 Å². The molecule has 0 spiro atoms. The topological polar surface area (TPSA) is 254 Å². The van der Waals surface area contributed by atoms with Crippen molar-refractivity contribution in [2.24, 2.45) is 11.8 Å². The quantitative estimate of drug-likeness (QED) is 0.116. The minimum atomic E-state index is -3.84. The Hall–Kier alpha value is -7.28. The second-order valence-electron chi connectivity index (χ2n) is 21.2. The number of aromatic nitrogens is 8. The monoisotopic (exact) mass is 1160 g/mol. The highest BCUT2D eigenvalue weighted by molar-refractivity contribution is 7.95. The van der Waals surface area contributed by atoms with Crippen molar-refractivity contribution in [3.8, 4) is 22.3 Å². The summed E-state index contributed by atoms with van der Waals surface area (Å²) in [5.74, 6) is 0.347. The van der Waals surface area contributed by atoms with Gasteiger partial charge in [0.2, 0.25) is 11.8 Å². The van der Waals surface area contributed by atoms with E-state index in [0.717, 1.165) is 85.7 Å². The first-order chi connectivity index (χ1) is 38.2. The summed E-state index contributed by atoms with van der Waals surface area (Å²) >= 11 is 2.24. The molecule has 80 heavy (non-hydrogen) atoms. The summed E-state index contributed by atoms with van der Waals surface area (Å²) < 4.78 is 61.3. The van der Waals surface area contributed by atoms with Crippen LogP contribution in [0.4, 0.5) is 11.4 Å². The van der Waals surface area contributed by atoms with Gasteiger partial charge in [-0.05, 0) is 140 Å². The van der Waals surface area contributed by atoms with E-state index in [4.69, 9.17) is 0 Å². The van der Waals surface area contributed by atoms with Crippen molar-refractivity contribution in [2.45, 2.75) is 113 Å². The number of thiazole rings is 2. The zero-order valence-electron chi connectivity index (χ0n) is 45.1. The Morgan fingerprint density at radius 1 is 0.512 bits per heavy atom. The maximum Gasteiger partial charge on any atom is 0.273 e. The molecule has 2 aromatic carbocycles. The molecule has 2 aliphatic heterocycles. The number of hydrogen-bond acceptors (Lipinski definition) is 16. The predicted octanol–water partition coefficient (Wildman–Crippen LogP) is 8.43. The fraction of sp³-hybridized carbons (Fsp3) is 0.393. The summed E-state index contributed by atoms with van der Waals surface area (Å²) in [7, 11) is -7.68. The van der Waals surface area contributed by atoms with E-state index in [9.17, 15) is 36.0 Å². The van der Waals surface area contributed by atoms with Crippen molar-refractivity contribution in [1.82, 2.24) is 48.8 Å². The number of amides is 2. The van der Waals surface area contributed by atoms with Crippen molar-refractivity contribution in [3.05, 3.63) is 127 Å². The van der Waals surface area contributed by atoms with Crippen LogP contribution < -0.4 is 20.6 Å². The normalized spacial score (nSPS) is 19.1. The van der Waals surface area contributed by atoms with Crippen molar-refractivity contribution in [3.63, 3.8) is 0 Å². The van der Waals surface area contributed by atoms with Gasteiger partial charge >= 0.3 is 0 Å². The Morgan fingerprint density at radius 2 is 0.887 bits per heavy atom. The Labute approximate surface area is 470 Å². The minimum absolute atomic E-state index is 0.0319. The number of carbonyl (C=O) groups excluding carboxylic acids is 2. The molecule has 4 aliphatic rings. The number of nitrogens with one attached hydrogen (secondary N) is 2. The molecule has 0 radical (unpaired) electrons. The smallest absolute Gasteiger partial charge is 0.273 e. The Morgan fingerprint density at radius 3 is 1.24 bits per heavy atom. The number of aryl methyl sites for hydroxylation is 6. The highest BCUT2D eigenvalue weighted by atomic mass is 32.3. The molecule has 4 fully saturated rings. The number of carbonyl (C=O) groups is 2. The van der Waals surface area contributed by atoms with Crippen LogP contribution in [0.25, 0.3) is 44.1 Å². The summed E-state index contributed by atoms with van der Waals surface area (Å²) in [5.41, 5.74) is 6.28. The van der Waals surface area contributed by atoms with Crippen LogP contribution in [0, 0.1) is 53.4 Å². The zero-order chi connectivity index (χ0) is 56.4. The van der Waals surface area contributed by atoms with Gasteiger partial charge < -0.3 is 9.80 Å². The van der Waals surface area contributed by atoms with Crippen LogP contribution >= 0.6 is 22.7 Å². The fourth-order valence-electron chi connectivity index (χ4n) is 11.1. The van der Waals surface area contributed by atoms with Crippen LogP contribution in [0.3, 0.4) is 0 Å². The number of sulfonamides is 2. The molecule has 0 unspecified atom stereocenters. The number of likely N-dealkylation sites (tertiary alicyclic amines) is 2. The maximum absolute atomic E-state index is 13.5.